The molecule has 7 rings (SSSR count). The number of H-pyrrole nitrogens is 4. The Hall–Kier alpha value is -6.27. The lowest BCUT2D eigenvalue weighted by Crippen LogP contribution is -2.17. The highest BCUT2D eigenvalue weighted by molar-refractivity contribution is 5.48. The van der Waals surface area contributed by atoms with Gasteiger partial charge in [-0.2, -0.15) is 0 Å². The van der Waals surface area contributed by atoms with Crippen molar-refractivity contribution in [2.45, 2.75) is 17.8 Å². The number of rotatable bonds is 9. The van der Waals surface area contributed by atoms with E-state index in [-0.39, 0.29) is 11.4 Å². The minimum Gasteiger partial charge on any atom is -0.364 e. The number of hydrogen-bond donors (Lipinski definition) is 4. The summed E-state index contributed by atoms with van der Waals surface area (Å²) in [7, 11) is 0. The monoisotopic (exact) mass is 802 g/mol. The summed E-state index contributed by atoms with van der Waals surface area (Å²) in [6.45, 7) is 0. The van der Waals surface area contributed by atoms with E-state index in [0.29, 0.717) is 0 Å². The Morgan fingerprint density at radius 2 is 0.482 bits per heavy atom. The van der Waals surface area contributed by atoms with Gasteiger partial charge in [0, 0.05) is 63.2 Å². The van der Waals surface area contributed by atoms with Crippen LogP contribution in [0.2, 0.25) is 0 Å². The molecule has 290 valence electrons. The highest BCUT2D eigenvalue weighted by Crippen LogP contribution is 2.43. The van der Waals surface area contributed by atoms with E-state index >= 15 is 26.3 Å². The van der Waals surface area contributed by atoms with Gasteiger partial charge in [-0.05, 0) is 48.5 Å². The van der Waals surface area contributed by atoms with Gasteiger partial charge in [-0.3, -0.25) is 0 Å². The highest BCUT2D eigenvalue weighted by Gasteiger charge is 2.38. The third-order valence-corrected chi connectivity index (χ3v) is 9.17. The van der Waals surface area contributed by atoms with Crippen molar-refractivity contribution in [3.05, 3.63) is 199 Å². The molecule has 7 aromatic rings. The average molecular weight is 803 g/mol. The minimum absolute atomic E-state index is 0.215. The molecule has 0 bridgehead atoms. The number of halogens is 15. The molecule has 19 heteroatoms. The number of hydrogen-bond acceptors (Lipinski definition) is 0. The van der Waals surface area contributed by atoms with Gasteiger partial charge in [-0.15, -0.1) is 0 Å². The van der Waals surface area contributed by atoms with Gasteiger partial charge in [-0.25, -0.2) is 65.9 Å². The van der Waals surface area contributed by atoms with E-state index in [4.69, 9.17) is 0 Å². The van der Waals surface area contributed by atoms with Crippen LogP contribution in [0.4, 0.5) is 65.9 Å². The van der Waals surface area contributed by atoms with Crippen LogP contribution in [-0.4, -0.2) is 19.9 Å². The van der Waals surface area contributed by atoms with Crippen LogP contribution >= 0.6 is 0 Å². The first-order chi connectivity index (χ1) is 26.6. The molecule has 4 aromatic heterocycles. The third-order valence-electron chi connectivity index (χ3n) is 9.17. The third kappa shape index (κ3) is 5.83. The molecular formula is C37H17F15N4. The second-order valence-electron chi connectivity index (χ2n) is 12.2. The summed E-state index contributed by atoms with van der Waals surface area (Å²) in [6, 6.07) is 8.60. The molecule has 0 radical (unpaired) electrons. The molecule has 4 nitrogen and oxygen atoms in total. The zero-order valence-corrected chi connectivity index (χ0v) is 27.2. The Kier molecular flexibility index (Phi) is 9.57. The van der Waals surface area contributed by atoms with Gasteiger partial charge in [0.2, 0.25) is 17.5 Å². The first kappa shape index (κ1) is 38.0. The minimum atomic E-state index is -2.57. The molecular weight excluding hydrogens is 785 g/mol. The second kappa shape index (κ2) is 14.1. The van der Waals surface area contributed by atoms with Crippen LogP contribution in [0.3, 0.4) is 0 Å². The van der Waals surface area contributed by atoms with Crippen molar-refractivity contribution in [2.24, 2.45) is 0 Å². The molecule has 4 N–H and O–H groups in total. The lowest BCUT2D eigenvalue weighted by molar-refractivity contribution is 0.367. The van der Waals surface area contributed by atoms with Crippen molar-refractivity contribution >= 4 is 0 Å². The van der Waals surface area contributed by atoms with E-state index in [2.05, 4.69) is 19.9 Å². The van der Waals surface area contributed by atoms with Crippen molar-refractivity contribution in [1.29, 1.82) is 0 Å². The molecule has 0 spiro atoms. The van der Waals surface area contributed by atoms with E-state index in [9.17, 15) is 39.5 Å². The zero-order valence-electron chi connectivity index (χ0n) is 27.2. The molecule has 2 unspecified atom stereocenters. The van der Waals surface area contributed by atoms with Crippen LogP contribution in [-0.2, 0) is 0 Å². The molecule has 3 aromatic carbocycles. The maximum absolute atomic E-state index is 15.6. The molecule has 0 saturated heterocycles. The van der Waals surface area contributed by atoms with Gasteiger partial charge in [0.25, 0.3) is 0 Å². The fourth-order valence-electron chi connectivity index (χ4n) is 6.64. The molecule has 0 aliphatic rings. The quantitative estimate of drug-likeness (QED) is 0.0638. The highest BCUT2D eigenvalue weighted by atomic mass is 19.2. The van der Waals surface area contributed by atoms with Crippen LogP contribution < -0.4 is 0 Å². The van der Waals surface area contributed by atoms with Crippen molar-refractivity contribution in [3.63, 3.8) is 0 Å². The molecule has 2 atom stereocenters. The zero-order chi connectivity index (χ0) is 40.5. The second-order valence-corrected chi connectivity index (χ2v) is 12.2. The van der Waals surface area contributed by atoms with Crippen LogP contribution in [0, 0.1) is 87.3 Å². The number of aromatic nitrogens is 4. The van der Waals surface area contributed by atoms with E-state index in [1.54, 1.807) is 0 Å². The summed E-state index contributed by atoms with van der Waals surface area (Å²) in [6.07, 6.45) is 2.42. The topological polar surface area (TPSA) is 63.2 Å². The van der Waals surface area contributed by atoms with Gasteiger partial charge in [0.1, 0.15) is 0 Å². The van der Waals surface area contributed by atoms with Crippen LogP contribution in [0.1, 0.15) is 68.6 Å². The lowest BCUT2D eigenvalue weighted by atomic mass is 9.91. The van der Waals surface area contributed by atoms with Crippen LogP contribution in [0.15, 0.2) is 60.9 Å². The molecule has 0 amide bonds. The summed E-state index contributed by atoms with van der Waals surface area (Å²) in [4.78, 5) is 10.1. The van der Waals surface area contributed by atoms with Gasteiger partial charge in [0.05, 0.1) is 17.8 Å². The summed E-state index contributed by atoms with van der Waals surface area (Å²) in [5.74, 6) is -41.7. The maximum Gasteiger partial charge on any atom is 0.200 e. The Labute approximate surface area is 302 Å². The molecule has 0 fully saturated rings. The molecule has 0 saturated carbocycles. The Balaban J connectivity index is 1.46. The first-order valence-electron chi connectivity index (χ1n) is 15.7. The molecule has 0 aliphatic carbocycles. The van der Waals surface area contributed by atoms with Crippen molar-refractivity contribution in [3.8, 4) is 0 Å². The van der Waals surface area contributed by atoms with Crippen molar-refractivity contribution in [2.75, 3.05) is 0 Å². The van der Waals surface area contributed by atoms with E-state index in [1.165, 1.54) is 36.7 Å². The van der Waals surface area contributed by atoms with Crippen molar-refractivity contribution in [1.82, 2.24) is 19.9 Å². The average Bonchev–Trinajstić information content (AvgIpc) is 4.04. The van der Waals surface area contributed by atoms with E-state index < -0.39 is 144 Å². The van der Waals surface area contributed by atoms with Gasteiger partial charge < -0.3 is 19.9 Å². The summed E-state index contributed by atoms with van der Waals surface area (Å²) in [5.41, 5.74) is -6.89. The maximum atomic E-state index is 15.6. The summed E-state index contributed by atoms with van der Waals surface area (Å²) >= 11 is 0. The van der Waals surface area contributed by atoms with E-state index in [0.717, 1.165) is 24.3 Å². The molecule has 4 heterocycles. The summed E-state index contributed by atoms with van der Waals surface area (Å²) in [5, 5.41) is 0. The predicted molar refractivity (Wildman–Crippen MR) is 165 cm³/mol. The van der Waals surface area contributed by atoms with Crippen LogP contribution in [0.25, 0.3) is 0 Å². The number of aromatic amines is 4. The Morgan fingerprint density at radius 3 is 0.696 bits per heavy atom. The lowest BCUT2D eigenvalue weighted by Gasteiger charge is -2.21. The normalized spacial score (nSPS) is 13.4. The first-order valence-corrected chi connectivity index (χ1v) is 15.7. The van der Waals surface area contributed by atoms with Gasteiger partial charge in [-0.1, -0.05) is 0 Å². The smallest absolute Gasteiger partial charge is 0.200 e. The fraction of sp³-hybridized carbons (Fsp3) is 0.0811. The Bertz CT molecular complexity index is 2390. The standard InChI is InChI=1S/C37H17F15N4/c38-23-20(24(39)30(45)35(50)29(23)44)17(11-3-1-9-53-11)13-5-7-15(55-13)19(22-27(42)33(48)37(52)34(49)28(22)43)16-8-6-14(56-16)18(12-4-2-10-54-12)21-25(40)31(46)36(51)32(47)26(21)41/h1-10,17-19,53-56H. The van der Waals surface area contributed by atoms with Crippen LogP contribution in [0.5, 0.6) is 0 Å². The molecule has 0 aliphatic heterocycles. The van der Waals surface area contributed by atoms with Crippen molar-refractivity contribution < 1.29 is 65.9 Å². The predicted octanol–water partition coefficient (Wildman–Crippen LogP) is 10.6. The Morgan fingerprint density at radius 1 is 0.268 bits per heavy atom. The van der Waals surface area contributed by atoms with Gasteiger partial charge >= 0.3 is 0 Å². The van der Waals surface area contributed by atoms with E-state index in [1.807, 2.05) is 0 Å². The SMILES string of the molecule is Fc1c(F)c(F)c(C(c2ccc[nH]2)c2ccc(C(c3ccc(C(c4ccc[nH]4)c4c(F)c(F)c(F)c(F)c4F)[nH]3)c3c(F)c(F)c(F)c(F)c3F)[nH]2)c(F)c1F. The fourth-order valence-corrected chi connectivity index (χ4v) is 6.64. The van der Waals surface area contributed by atoms with Gasteiger partial charge in [0.15, 0.2) is 69.8 Å². The largest absolute Gasteiger partial charge is 0.364 e. The number of benzene rings is 3. The molecule has 56 heavy (non-hydrogen) atoms. The summed E-state index contributed by atoms with van der Waals surface area (Å²) < 4.78 is 221. The number of nitrogens with one attached hydrogen (secondary N) is 4.